The highest BCUT2D eigenvalue weighted by Crippen LogP contribution is 2.25. The summed E-state index contributed by atoms with van der Waals surface area (Å²) in [6.07, 6.45) is 0.870. The van der Waals surface area contributed by atoms with E-state index in [0.717, 1.165) is 12.0 Å². The van der Waals surface area contributed by atoms with E-state index < -0.39 is 0 Å². The van der Waals surface area contributed by atoms with E-state index >= 15 is 0 Å². The highest BCUT2D eigenvalue weighted by atomic mass is 32.1. The zero-order valence-electron chi connectivity index (χ0n) is 10.1. The van der Waals surface area contributed by atoms with Crippen LogP contribution in [-0.2, 0) is 6.42 Å². The van der Waals surface area contributed by atoms with Gasteiger partial charge < -0.3 is 5.32 Å². The lowest BCUT2D eigenvalue weighted by molar-refractivity contribution is -0.384. The van der Waals surface area contributed by atoms with Gasteiger partial charge in [0.05, 0.1) is 4.92 Å². The van der Waals surface area contributed by atoms with Crippen LogP contribution in [0, 0.1) is 17.0 Å². The Morgan fingerprint density at radius 2 is 2.22 bits per heavy atom. The Bertz CT molecular complexity index is 538. The van der Waals surface area contributed by atoms with Crippen molar-refractivity contribution in [2.45, 2.75) is 13.3 Å². The Kier molecular flexibility index (Phi) is 3.94. The predicted octanol–water partition coefficient (Wildman–Crippen LogP) is 3.62. The molecule has 0 atom stereocenters. The van der Waals surface area contributed by atoms with E-state index in [2.05, 4.69) is 16.8 Å². The van der Waals surface area contributed by atoms with Gasteiger partial charge in [-0.1, -0.05) is 6.07 Å². The van der Waals surface area contributed by atoms with E-state index in [0.29, 0.717) is 12.2 Å². The molecular formula is C13H14N2O2S. The Morgan fingerprint density at radius 3 is 2.89 bits per heavy atom. The van der Waals surface area contributed by atoms with Crippen molar-refractivity contribution in [2.24, 2.45) is 0 Å². The number of thiophene rings is 1. The lowest BCUT2D eigenvalue weighted by Gasteiger charge is -2.07. The molecular weight excluding hydrogens is 248 g/mol. The fraction of sp³-hybridized carbons (Fsp3) is 0.231. The summed E-state index contributed by atoms with van der Waals surface area (Å²) in [5.74, 6) is 0. The summed E-state index contributed by atoms with van der Waals surface area (Å²) in [6, 6.07) is 7.17. The predicted molar refractivity (Wildman–Crippen MR) is 74.3 cm³/mol. The van der Waals surface area contributed by atoms with Gasteiger partial charge in [0.1, 0.15) is 5.69 Å². The average molecular weight is 262 g/mol. The molecule has 0 saturated carbocycles. The van der Waals surface area contributed by atoms with Crippen molar-refractivity contribution in [2.75, 3.05) is 11.9 Å². The first kappa shape index (κ1) is 12.6. The van der Waals surface area contributed by atoms with Crippen molar-refractivity contribution < 1.29 is 4.92 Å². The first-order valence-corrected chi connectivity index (χ1v) is 6.61. The second-order valence-electron chi connectivity index (χ2n) is 4.09. The van der Waals surface area contributed by atoms with Crippen LogP contribution >= 0.6 is 11.3 Å². The van der Waals surface area contributed by atoms with Crippen LogP contribution in [0.1, 0.15) is 11.1 Å². The molecule has 0 fully saturated rings. The summed E-state index contributed by atoms with van der Waals surface area (Å²) in [4.78, 5) is 10.5. The van der Waals surface area contributed by atoms with Crippen molar-refractivity contribution in [1.82, 2.24) is 0 Å². The summed E-state index contributed by atoms with van der Waals surface area (Å²) in [5.41, 5.74) is 2.99. The number of anilines is 1. The van der Waals surface area contributed by atoms with Gasteiger partial charge in [0, 0.05) is 12.6 Å². The smallest absolute Gasteiger partial charge is 0.292 e. The minimum Gasteiger partial charge on any atom is -0.379 e. The standard InChI is InChI=1S/C13H14N2O2S/c1-10-2-3-13(15(16)17)12(8-10)14-6-4-11-5-7-18-9-11/h2-3,5,7-9,14H,4,6H2,1H3. The minimum absolute atomic E-state index is 0.130. The average Bonchev–Trinajstić information content (AvgIpc) is 2.82. The second kappa shape index (κ2) is 5.64. The molecule has 94 valence electrons. The van der Waals surface area contributed by atoms with Gasteiger partial charge in [-0.3, -0.25) is 10.1 Å². The highest BCUT2D eigenvalue weighted by Gasteiger charge is 2.12. The molecule has 4 nitrogen and oxygen atoms in total. The van der Waals surface area contributed by atoms with Crippen LogP contribution in [-0.4, -0.2) is 11.5 Å². The van der Waals surface area contributed by atoms with E-state index in [-0.39, 0.29) is 10.6 Å². The summed E-state index contributed by atoms with van der Waals surface area (Å²) in [6.45, 7) is 2.62. The molecule has 0 unspecified atom stereocenters. The molecule has 2 aromatic rings. The fourth-order valence-electron chi connectivity index (χ4n) is 1.73. The van der Waals surface area contributed by atoms with Crippen molar-refractivity contribution in [3.05, 3.63) is 56.3 Å². The first-order valence-electron chi connectivity index (χ1n) is 5.67. The minimum atomic E-state index is -0.355. The number of nitro groups is 1. The summed E-state index contributed by atoms with van der Waals surface area (Å²) in [5, 5.41) is 18.2. The number of nitrogens with one attached hydrogen (secondary N) is 1. The van der Waals surface area contributed by atoms with E-state index in [1.54, 1.807) is 23.5 Å². The normalized spacial score (nSPS) is 10.3. The zero-order valence-corrected chi connectivity index (χ0v) is 10.9. The number of nitro benzene ring substituents is 1. The zero-order chi connectivity index (χ0) is 13.0. The van der Waals surface area contributed by atoms with Crippen LogP contribution in [0.25, 0.3) is 0 Å². The molecule has 0 aliphatic rings. The molecule has 0 radical (unpaired) electrons. The fourth-order valence-corrected chi connectivity index (χ4v) is 2.43. The maximum Gasteiger partial charge on any atom is 0.292 e. The molecule has 1 aromatic carbocycles. The van der Waals surface area contributed by atoms with Gasteiger partial charge in [0.15, 0.2) is 0 Å². The number of hydrogen-bond acceptors (Lipinski definition) is 4. The largest absolute Gasteiger partial charge is 0.379 e. The molecule has 0 aliphatic carbocycles. The molecule has 0 amide bonds. The lowest BCUT2D eigenvalue weighted by Crippen LogP contribution is -2.06. The van der Waals surface area contributed by atoms with Crippen molar-refractivity contribution >= 4 is 22.7 Å². The van der Waals surface area contributed by atoms with Crippen molar-refractivity contribution in [1.29, 1.82) is 0 Å². The van der Waals surface area contributed by atoms with Gasteiger partial charge in [-0.25, -0.2) is 0 Å². The Morgan fingerprint density at radius 1 is 1.39 bits per heavy atom. The summed E-state index contributed by atoms with van der Waals surface area (Å²) in [7, 11) is 0. The van der Waals surface area contributed by atoms with E-state index in [9.17, 15) is 10.1 Å². The molecule has 1 heterocycles. The molecule has 0 aliphatic heterocycles. The van der Waals surface area contributed by atoms with E-state index in [1.165, 1.54) is 5.56 Å². The monoisotopic (exact) mass is 262 g/mol. The Labute approximate surface area is 109 Å². The van der Waals surface area contributed by atoms with Crippen molar-refractivity contribution in [3.63, 3.8) is 0 Å². The maximum atomic E-state index is 10.9. The Balaban J connectivity index is 2.03. The Hall–Kier alpha value is -1.88. The van der Waals surface area contributed by atoms with Gasteiger partial charge in [-0.2, -0.15) is 11.3 Å². The molecule has 18 heavy (non-hydrogen) atoms. The van der Waals surface area contributed by atoms with E-state index in [4.69, 9.17) is 0 Å². The third-order valence-corrected chi connectivity index (χ3v) is 3.39. The van der Waals surface area contributed by atoms with Gasteiger partial charge in [0.2, 0.25) is 0 Å². The quantitative estimate of drug-likeness (QED) is 0.661. The summed E-state index contributed by atoms with van der Waals surface area (Å²) >= 11 is 1.66. The maximum absolute atomic E-state index is 10.9. The number of aryl methyl sites for hydroxylation is 1. The van der Waals surface area contributed by atoms with Crippen LogP contribution in [0.4, 0.5) is 11.4 Å². The molecule has 0 spiro atoms. The van der Waals surface area contributed by atoms with Gasteiger partial charge >= 0.3 is 0 Å². The molecule has 1 N–H and O–H groups in total. The highest BCUT2D eigenvalue weighted by molar-refractivity contribution is 7.07. The molecule has 5 heteroatoms. The lowest BCUT2D eigenvalue weighted by atomic mass is 10.2. The third kappa shape index (κ3) is 3.07. The summed E-state index contributed by atoms with van der Waals surface area (Å²) < 4.78 is 0. The van der Waals surface area contributed by atoms with Gasteiger partial charge in [-0.15, -0.1) is 0 Å². The molecule has 0 saturated heterocycles. The third-order valence-electron chi connectivity index (χ3n) is 2.66. The number of benzene rings is 1. The first-order chi connectivity index (χ1) is 8.66. The number of rotatable bonds is 5. The number of hydrogen-bond donors (Lipinski definition) is 1. The van der Waals surface area contributed by atoms with Gasteiger partial charge in [0.25, 0.3) is 5.69 Å². The molecule has 2 rings (SSSR count). The van der Waals surface area contributed by atoms with Crippen LogP contribution in [0.3, 0.4) is 0 Å². The van der Waals surface area contributed by atoms with Crippen LogP contribution < -0.4 is 5.32 Å². The molecule has 1 aromatic heterocycles. The van der Waals surface area contributed by atoms with Crippen molar-refractivity contribution in [3.8, 4) is 0 Å². The van der Waals surface area contributed by atoms with Crippen LogP contribution in [0.5, 0.6) is 0 Å². The topological polar surface area (TPSA) is 55.2 Å². The van der Waals surface area contributed by atoms with E-state index in [1.807, 2.05) is 18.4 Å². The van der Waals surface area contributed by atoms with Crippen LogP contribution in [0.2, 0.25) is 0 Å². The number of nitrogens with zero attached hydrogens (tertiary/aromatic N) is 1. The molecule has 0 bridgehead atoms. The SMILES string of the molecule is Cc1ccc([N+](=O)[O-])c(NCCc2ccsc2)c1. The van der Waals surface area contributed by atoms with Crippen LogP contribution in [0.15, 0.2) is 35.0 Å². The second-order valence-corrected chi connectivity index (χ2v) is 4.87. The van der Waals surface area contributed by atoms with Gasteiger partial charge in [-0.05, 0) is 47.4 Å².